The van der Waals surface area contributed by atoms with Gasteiger partial charge in [-0.1, -0.05) is 24.3 Å². The molecule has 4 rings (SSSR count). The lowest BCUT2D eigenvalue weighted by Crippen LogP contribution is -2.29. The van der Waals surface area contributed by atoms with Gasteiger partial charge in [-0.2, -0.15) is 0 Å². The molecule has 6 nitrogen and oxygen atoms in total. The van der Waals surface area contributed by atoms with Crippen molar-refractivity contribution in [3.05, 3.63) is 88.9 Å². The Labute approximate surface area is 177 Å². The molecule has 1 fully saturated rings. The lowest BCUT2D eigenvalue weighted by atomic mass is 10.1. The fourth-order valence-corrected chi connectivity index (χ4v) is 4.08. The minimum atomic E-state index is -0.998. The van der Waals surface area contributed by atoms with E-state index in [1.807, 2.05) is 36.4 Å². The van der Waals surface area contributed by atoms with Crippen LogP contribution in [-0.4, -0.2) is 40.2 Å². The van der Waals surface area contributed by atoms with Gasteiger partial charge in [0.2, 0.25) is 0 Å². The standard InChI is InChI=1S/C23H18N2O4S/c1-2-11-25-21(26)20(13-15-12-17-5-3-4-6-19(17)29-14-15)30-23(25)24-18-9-7-16(8-10-18)22(27)28/h2-10,12-13H,1,11,14H2,(H,27,28)/b20-13-,24-23?. The fraction of sp³-hybridized carbons (Fsp3) is 0.0870. The number of hydrogen-bond acceptors (Lipinski definition) is 5. The van der Waals surface area contributed by atoms with Crippen molar-refractivity contribution in [3.63, 3.8) is 0 Å². The number of rotatable bonds is 5. The number of para-hydroxylation sites is 1. The smallest absolute Gasteiger partial charge is 0.335 e. The molecule has 2 heterocycles. The minimum absolute atomic E-state index is 0.152. The number of hydrogen-bond donors (Lipinski definition) is 1. The highest BCUT2D eigenvalue weighted by molar-refractivity contribution is 8.18. The van der Waals surface area contributed by atoms with E-state index < -0.39 is 5.97 Å². The highest BCUT2D eigenvalue weighted by Crippen LogP contribution is 2.35. The molecule has 0 bridgehead atoms. The van der Waals surface area contributed by atoms with Crippen molar-refractivity contribution in [2.45, 2.75) is 0 Å². The van der Waals surface area contributed by atoms with Crippen LogP contribution in [0.25, 0.3) is 6.08 Å². The molecule has 0 unspecified atom stereocenters. The maximum absolute atomic E-state index is 12.9. The highest BCUT2D eigenvalue weighted by Gasteiger charge is 2.33. The molecule has 0 atom stereocenters. The van der Waals surface area contributed by atoms with E-state index in [9.17, 15) is 9.59 Å². The summed E-state index contributed by atoms with van der Waals surface area (Å²) in [5, 5.41) is 9.55. The predicted octanol–water partition coefficient (Wildman–Crippen LogP) is 4.49. The van der Waals surface area contributed by atoms with Crippen LogP contribution in [0.4, 0.5) is 5.69 Å². The van der Waals surface area contributed by atoms with Gasteiger partial charge in [-0.25, -0.2) is 9.79 Å². The van der Waals surface area contributed by atoms with Crippen molar-refractivity contribution in [3.8, 4) is 5.75 Å². The van der Waals surface area contributed by atoms with Gasteiger partial charge in [0.05, 0.1) is 16.2 Å². The number of benzene rings is 2. The predicted molar refractivity (Wildman–Crippen MR) is 118 cm³/mol. The molecule has 1 amide bonds. The summed E-state index contributed by atoms with van der Waals surface area (Å²) < 4.78 is 5.77. The van der Waals surface area contributed by atoms with Gasteiger partial charge in [-0.3, -0.25) is 9.69 Å². The summed E-state index contributed by atoms with van der Waals surface area (Å²) in [4.78, 5) is 30.6. The zero-order chi connectivity index (χ0) is 21.1. The molecule has 0 radical (unpaired) electrons. The van der Waals surface area contributed by atoms with Crippen LogP contribution in [-0.2, 0) is 4.79 Å². The van der Waals surface area contributed by atoms with Gasteiger partial charge in [0.1, 0.15) is 12.4 Å². The molecular formula is C23H18N2O4S. The number of amidine groups is 1. The number of aliphatic imine (C=N–C) groups is 1. The Morgan fingerprint density at radius 2 is 2.00 bits per heavy atom. The zero-order valence-electron chi connectivity index (χ0n) is 15.9. The summed E-state index contributed by atoms with van der Waals surface area (Å²) in [7, 11) is 0. The molecule has 0 aliphatic carbocycles. The van der Waals surface area contributed by atoms with Gasteiger partial charge < -0.3 is 9.84 Å². The van der Waals surface area contributed by atoms with Crippen LogP contribution in [0.5, 0.6) is 5.75 Å². The lowest BCUT2D eigenvalue weighted by molar-refractivity contribution is -0.121. The first-order valence-corrected chi connectivity index (χ1v) is 10.0. The first-order chi connectivity index (χ1) is 14.5. The van der Waals surface area contributed by atoms with Gasteiger partial charge in [0, 0.05) is 12.1 Å². The highest BCUT2D eigenvalue weighted by atomic mass is 32.2. The second kappa shape index (κ2) is 8.42. The Morgan fingerprint density at radius 1 is 1.23 bits per heavy atom. The van der Waals surface area contributed by atoms with Crippen molar-refractivity contribution in [1.82, 2.24) is 4.90 Å². The number of carbonyl (C=O) groups is 2. The average Bonchev–Trinajstić information content (AvgIpc) is 3.03. The number of carbonyl (C=O) groups excluding carboxylic acids is 1. The molecule has 2 aliphatic heterocycles. The van der Waals surface area contributed by atoms with Crippen molar-refractivity contribution in [2.75, 3.05) is 13.2 Å². The van der Waals surface area contributed by atoms with E-state index in [2.05, 4.69) is 11.6 Å². The second-order valence-electron chi connectivity index (χ2n) is 6.61. The van der Waals surface area contributed by atoms with Crippen LogP contribution in [0.2, 0.25) is 0 Å². The number of carboxylic acids is 1. The van der Waals surface area contributed by atoms with Crippen LogP contribution in [0.15, 0.2) is 82.7 Å². The SMILES string of the molecule is C=CCN1C(=O)/C(=C/C2=Cc3ccccc3OC2)SC1=Nc1ccc(C(=O)O)cc1. The maximum Gasteiger partial charge on any atom is 0.335 e. The van der Waals surface area contributed by atoms with Gasteiger partial charge in [-0.15, -0.1) is 6.58 Å². The molecule has 150 valence electrons. The Hall–Kier alpha value is -3.58. The van der Waals surface area contributed by atoms with Crippen LogP contribution in [0, 0.1) is 0 Å². The molecule has 2 aromatic carbocycles. The Kier molecular flexibility index (Phi) is 5.54. The summed E-state index contributed by atoms with van der Waals surface area (Å²) in [5.41, 5.74) is 2.62. The summed E-state index contributed by atoms with van der Waals surface area (Å²) in [6.07, 6.45) is 5.48. The molecule has 2 aliphatic rings. The molecule has 7 heteroatoms. The summed E-state index contributed by atoms with van der Waals surface area (Å²) in [5.74, 6) is -0.325. The van der Waals surface area contributed by atoms with E-state index in [1.165, 1.54) is 23.9 Å². The molecule has 30 heavy (non-hydrogen) atoms. The lowest BCUT2D eigenvalue weighted by Gasteiger charge is -2.16. The van der Waals surface area contributed by atoms with Gasteiger partial charge >= 0.3 is 5.97 Å². The van der Waals surface area contributed by atoms with E-state index in [0.29, 0.717) is 28.9 Å². The molecule has 1 N–H and O–H groups in total. The summed E-state index contributed by atoms with van der Waals surface area (Å²) in [6, 6.07) is 13.9. The van der Waals surface area contributed by atoms with Crippen molar-refractivity contribution < 1.29 is 19.4 Å². The number of carboxylic acid groups (broad SMARTS) is 1. The minimum Gasteiger partial charge on any atom is -0.488 e. The van der Waals surface area contributed by atoms with E-state index in [-0.39, 0.29) is 11.5 Å². The molecule has 0 spiro atoms. The quantitative estimate of drug-likeness (QED) is 0.572. The van der Waals surface area contributed by atoms with Crippen LogP contribution < -0.4 is 4.74 Å². The Bertz CT molecular complexity index is 1120. The van der Waals surface area contributed by atoms with E-state index >= 15 is 0 Å². The van der Waals surface area contributed by atoms with Gasteiger partial charge in [-0.05, 0) is 59.8 Å². The summed E-state index contributed by atoms with van der Waals surface area (Å²) >= 11 is 1.27. The topological polar surface area (TPSA) is 79.2 Å². The first-order valence-electron chi connectivity index (χ1n) is 9.22. The molecule has 1 saturated heterocycles. The molecule has 0 saturated carbocycles. The van der Waals surface area contributed by atoms with Crippen LogP contribution in [0.1, 0.15) is 15.9 Å². The third-order valence-electron chi connectivity index (χ3n) is 4.51. The zero-order valence-corrected chi connectivity index (χ0v) is 16.8. The maximum atomic E-state index is 12.9. The normalized spacial score (nSPS) is 18.2. The number of fused-ring (bicyclic) bond motifs is 1. The first kappa shape index (κ1) is 19.7. The number of nitrogens with zero attached hydrogens (tertiary/aromatic N) is 2. The van der Waals surface area contributed by atoms with Crippen molar-refractivity contribution in [1.29, 1.82) is 0 Å². The number of ether oxygens (including phenoxy) is 1. The van der Waals surface area contributed by atoms with E-state index in [4.69, 9.17) is 9.84 Å². The monoisotopic (exact) mass is 418 g/mol. The fourth-order valence-electron chi connectivity index (χ4n) is 3.06. The molecular weight excluding hydrogens is 400 g/mol. The van der Waals surface area contributed by atoms with Crippen LogP contribution in [0.3, 0.4) is 0 Å². The Balaban J connectivity index is 1.63. The van der Waals surface area contributed by atoms with Crippen molar-refractivity contribution >= 4 is 40.6 Å². The summed E-state index contributed by atoms with van der Waals surface area (Å²) in [6.45, 7) is 4.44. The third kappa shape index (κ3) is 4.06. The third-order valence-corrected chi connectivity index (χ3v) is 5.52. The number of amides is 1. The van der Waals surface area contributed by atoms with Gasteiger partial charge in [0.25, 0.3) is 5.91 Å². The van der Waals surface area contributed by atoms with E-state index in [0.717, 1.165) is 16.9 Å². The molecule has 0 aromatic heterocycles. The van der Waals surface area contributed by atoms with Gasteiger partial charge in [0.15, 0.2) is 5.17 Å². The Morgan fingerprint density at radius 3 is 2.73 bits per heavy atom. The number of thioether (sulfide) groups is 1. The van der Waals surface area contributed by atoms with Crippen LogP contribution >= 0.6 is 11.8 Å². The average molecular weight is 418 g/mol. The largest absolute Gasteiger partial charge is 0.488 e. The molecule has 2 aromatic rings. The number of aromatic carboxylic acids is 1. The second-order valence-corrected chi connectivity index (χ2v) is 7.62. The van der Waals surface area contributed by atoms with Crippen molar-refractivity contribution in [2.24, 2.45) is 4.99 Å². The van der Waals surface area contributed by atoms with E-state index in [1.54, 1.807) is 23.1 Å².